The van der Waals surface area contributed by atoms with E-state index in [9.17, 15) is 13.9 Å². The van der Waals surface area contributed by atoms with Gasteiger partial charge < -0.3 is 10.6 Å². The number of amides is 1. The molecular formula is C22H35IN2O3S2. The Balaban J connectivity index is 1.67. The molecular weight excluding hydrogens is 531 g/mol. The van der Waals surface area contributed by atoms with Crippen LogP contribution in [0.3, 0.4) is 0 Å². The molecule has 2 aliphatic rings. The zero-order valence-corrected chi connectivity index (χ0v) is 21.5. The maximum absolute atomic E-state index is 11.8. The van der Waals surface area contributed by atoms with Crippen LogP contribution in [0.4, 0.5) is 0 Å². The highest BCUT2D eigenvalue weighted by atomic mass is 127. The number of hydrogen-bond acceptors (Lipinski definition) is 5. The largest absolute Gasteiger partial charge is 0.352 e. The Morgan fingerprint density at radius 1 is 1.30 bits per heavy atom. The van der Waals surface area contributed by atoms with Crippen molar-refractivity contribution in [2.24, 2.45) is 5.92 Å². The van der Waals surface area contributed by atoms with Crippen LogP contribution in [0.15, 0.2) is 18.2 Å². The monoisotopic (exact) mass is 566 g/mol. The summed E-state index contributed by atoms with van der Waals surface area (Å²) in [4.78, 5) is 11.8. The highest BCUT2D eigenvalue weighted by molar-refractivity contribution is 14.1. The van der Waals surface area contributed by atoms with Gasteiger partial charge in [0, 0.05) is 35.2 Å². The van der Waals surface area contributed by atoms with Gasteiger partial charge in [0.2, 0.25) is 5.91 Å². The quantitative estimate of drug-likeness (QED) is 0.168. The van der Waals surface area contributed by atoms with Crippen LogP contribution in [0, 0.1) is 5.92 Å². The van der Waals surface area contributed by atoms with E-state index in [-0.39, 0.29) is 23.2 Å². The normalized spacial score (nSPS) is 24.5. The van der Waals surface area contributed by atoms with Gasteiger partial charge in [0.05, 0.1) is 11.5 Å². The van der Waals surface area contributed by atoms with Crippen molar-refractivity contribution in [2.75, 3.05) is 12.3 Å². The number of carbonyl (C=O) groups excluding carboxylic acids is 1. The molecule has 4 N–H and O–H groups in total. The van der Waals surface area contributed by atoms with Crippen molar-refractivity contribution < 1.29 is 13.9 Å². The maximum Gasteiger partial charge on any atom is 0.217 e. The van der Waals surface area contributed by atoms with E-state index in [4.69, 9.17) is 12.6 Å². The zero-order chi connectivity index (χ0) is 21.7. The average molecular weight is 567 g/mol. The number of fused-ring (bicyclic) bond motifs is 1. The van der Waals surface area contributed by atoms with E-state index in [1.807, 2.05) is 6.07 Å². The topological polar surface area (TPSA) is 81.6 Å². The first-order valence-corrected chi connectivity index (χ1v) is 14.8. The van der Waals surface area contributed by atoms with E-state index < -0.39 is 10.6 Å². The van der Waals surface area contributed by atoms with Crippen molar-refractivity contribution in [2.45, 2.75) is 73.0 Å². The second-order valence-corrected chi connectivity index (χ2v) is 12.5. The molecule has 170 valence electrons. The second kappa shape index (κ2) is 11.2. The molecule has 3 rings (SSSR count). The van der Waals surface area contributed by atoms with Crippen LogP contribution in [0.1, 0.15) is 68.2 Å². The van der Waals surface area contributed by atoms with Crippen LogP contribution >= 0.6 is 45.8 Å². The minimum absolute atomic E-state index is 0.0151. The first kappa shape index (κ1) is 24.6. The van der Waals surface area contributed by atoms with Gasteiger partial charge in [-0.05, 0) is 29.0 Å². The molecule has 0 radical (unpaired) electrons. The Hall–Kier alpha value is -0.000000000000000111. The van der Waals surface area contributed by atoms with Crippen molar-refractivity contribution in [1.82, 2.24) is 10.6 Å². The molecule has 1 aromatic carbocycles. The highest BCUT2D eigenvalue weighted by Crippen LogP contribution is 2.51. The third kappa shape index (κ3) is 7.00. The summed E-state index contributed by atoms with van der Waals surface area (Å²) < 4.78 is 21.8. The molecule has 0 aromatic heterocycles. The molecule has 5 nitrogen and oxygen atoms in total. The lowest BCUT2D eigenvalue weighted by Gasteiger charge is -2.42. The Morgan fingerprint density at radius 2 is 2.03 bits per heavy atom. The fraction of sp³-hybridized carbons (Fsp3) is 0.682. The molecule has 1 aliphatic carbocycles. The van der Waals surface area contributed by atoms with Crippen LogP contribution in [-0.4, -0.2) is 38.6 Å². The number of halogens is 1. The first-order chi connectivity index (χ1) is 14.3. The summed E-state index contributed by atoms with van der Waals surface area (Å²) in [6, 6.07) is 6.21. The molecule has 30 heavy (non-hydrogen) atoms. The lowest BCUT2D eigenvalue weighted by atomic mass is 9.84. The van der Waals surface area contributed by atoms with E-state index >= 15 is 0 Å². The highest BCUT2D eigenvalue weighted by Gasteiger charge is 2.31. The number of benzene rings is 1. The summed E-state index contributed by atoms with van der Waals surface area (Å²) in [6.45, 7) is 2.18. The van der Waals surface area contributed by atoms with Crippen molar-refractivity contribution in [3.8, 4) is 0 Å². The van der Waals surface area contributed by atoms with Gasteiger partial charge in [-0.1, -0.05) is 72.9 Å². The average Bonchev–Trinajstić information content (AvgIpc) is 2.70. The van der Waals surface area contributed by atoms with Crippen LogP contribution in [0.25, 0.3) is 0 Å². The molecule has 1 aromatic rings. The molecule has 1 amide bonds. The zero-order valence-electron chi connectivity index (χ0n) is 17.6. The summed E-state index contributed by atoms with van der Waals surface area (Å²) in [5.74, 6) is 1.30. The van der Waals surface area contributed by atoms with Gasteiger partial charge in [0.1, 0.15) is 0 Å². The number of rotatable bonds is 8. The molecule has 1 heterocycles. The molecule has 0 spiro atoms. The molecule has 0 unspecified atom stereocenters. The fourth-order valence-corrected chi connectivity index (χ4v) is 7.26. The lowest BCUT2D eigenvalue weighted by Crippen LogP contribution is -2.46. The maximum atomic E-state index is 11.8. The van der Waals surface area contributed by atoms with E-state index in [1.54, 1.807) is 6.92 Å². The van der Waals surface area contributed by atoms with Crippen molar-refractivity contribution in [3.05, 3.63) is 34.9 Å². The molecule has 3 atom stereocenters. The minimum Gasteiger partial charge on any atom is -0.352 e. The number of carbonyl (C=O) groups is 1. The van der Waals surface area contributed by atoms with Gasteiger partial charge in [-0.3, -0.25) is 13.9 Å². The molecule has 8 heteroatoms. The van der Waals surface area contributed by atoms with Crippen molar-refractivity contribution in [1.29, 1.82) is 0 Å². The molecule has 1 saturated carbocycles. The van der Waals surface area contributed by atoms with Crippen molar-refractivity contribution >= 4 is 51.7 Å². The number of nitrogens with one attached hydrogen (secondary N) is 2. The second-order valence-electron chi connectivity index (χ2n) is 8.85. The van der Waals surface area contributed by atoms with Gasteiger partial charge in [-0.15, -0.1) is 0 Å². The predicted molar refractivity (Wildman–Crippen MR) is 138 cm³/mol. The van der Waals surface area contributed by atoms with Gasteiger partial charge >= 0.3 is 0 Å². The minimum atomic E-state index is -2.63. The van der Waals surface area contributed by atoms with Gasteiger partial charge in [-0.25, -0.2) is 0 Å². The number of hydrogen-bond donors (Lipinski definition) is 5. The first-order valence-electron chi connectivity index (χ1n) is 10.9. The van der Waals surface area contributed by atoms with Crippen molar-refractivity contribution in [3.63, 3.8) is 0 Å². The van der Waals surface area contributed by atoms with Crippen LogP contribution in [-0.2, 0) is 15.0 Å². The lowest BCUT2D eigenvalue weighted by molar-refractivity contribution is -0.119. The molecule has 0 saturated heterocycles. The molecule has 0 bridgehead atoms. The summed E-state index contributed by atoms with van der Waals surface area (Å²) >= 11 is 7.21. The smallest absolute Gasteiger partial charge is 0.217 e. The predicted octanol–water partition coefficient (Wildman–Crippen LogP) is 5.29. The molecule has 1 aliphatic heterocycles. The van der Waals surface area contributed by atoms with Crippen LogP contribution < -0.4 is 10.6 Å². The standard InChI is InChI=1S/C22H35IN2O3S2/c1-15(26)25-20(10-16-5-3-2-4-6-16)22(29)12-24-21-14-30(27,28)13-18-8-7-17(11-23)9-19(18)21/h7-9,16,20-22,24,27-29H,2-6,10-14H2,1H3,(H,25,26)/t20-,21-,22+/m0/s1. The summed E-state index contributed by atoms with van der Waals surface area (Å²) in [5, 5.41) is 6.63. The SMILES string of the molecule is CC(=O)N[C@@H](CC1CCCCC1)[C@H](S)CN[C@H]1CS(O)(O)Cc2ccc(CI)cc21. The van der Waals surface area contributed by atoms with Crippen LogP contribution in [0.2, 0.25) is 0 Å². The van der Waals surface area contributed by atoms with Gasteiger partial charge in [-0.2, -0.15) is 23.2 Å². The Labute approximate surface area is 201 Å². The number of thiol groups is 1. The Bertz CT molecular complexity index is 728. The van der Waals surface area contributed by atoms with E-state index in [1.165, 1.54) is 43.2 Å². The van der Waals surface area contributed by atoms with Gasteiger partial charge in [0.15, 0.2) is 0 Å². The summed E-state index contributed by atoms with van der Waals surface area (Å²) in [6.07, 6.45) is 7.32. The van der Waals surface area contributed by atoms with Crippen LogP contribution in [0.5, 0.6) is 0 Å². The third-order valence-electron chi connectivity index (χ3n) is 6.30. The third-order valence-corrected chi connectivity index (χ3v) is 9.36. The number of alkyl halides is 1. The Morgan fingerprint density at radius 3 is 2.70 bits per heavy atom. The van der Waals surface area contributed by atoms with E-state index in [2.05, 4.69) is 45.4 Å². The summed E-state index contributed by atoms with van der Waals surface area (Å²) in [7, 11) is -2.63. The molecule has 1 fully saturated rings. The summed E-state index contributed by atoms with van der Waals surface area (Å²) in [5.41, 5.74) is 3.43. The van der Waals surface area contributed by atoms with E-state index in [0.29, 0.717) is 24.0 Å². The van der Waals surface area contributed by atoms with Gasteiger partial charge in [0.25, 0.3) is 0 Å². The fourth-order valence-electron chi connectivity index (χ4n) is 4.78. The Kier molecular flexibility index (Phi) is 9.22. The van der Waals surface area contributed by atoms with E-state index in [0.717, 1.165) is 16.4 Å².